The molecule has 5 heteroatoms. The molecule has 1 rings (SSSR count). The predicted molar refractivity (Wildman–Crippen MR) is 88.9 cm³/mol. The highest BCUT2D eigenvalue weighted by Gasteiger charge is 2.22. The zero-order valence-corrected chi connectivity index (χ0v) is 14.1. The summed E-state index contributed by atoms with van der Waals surface area (Å²) in [6, 6.07) is 0. The highest BCUT2D eigenvalue weighted by molar-refractivity contribution is 5.67. The van der Waals surface area contributed by atoms with Crippen molar-refractivity contribution in [2.75, 3.05) is 24.2 Å². The first-order valence-corrected chi connectivity index (χ1v) is 7.94. The molecular formula is C16H30N4O. The third kappa shape index (κ3) is 5.40. The molecule has 0 unspecified atom stereocenters. The Balaban J connectivity index is 2.87. The number of rotatable bonds is 8. The number of nitrogen functional groups attached to an aromatic ring is 1. The Morgan fingerprint density at radius 1 is 1.10 bits per heavy atom. The topological polar surface area (TPSA) is 73.1 Å². The fraction of sp³-hybridized carbons (Fsp3) is 0.750. The van der Waals surface area contributed by atoms with Crippen molar-refractivity contribution in [3.8, 4) is 5.88 Å². The van der Waals surface area contributed by atoms with Crippen LogP contribution in [0.1, 0.15) is 66.1 Å². The Morgan fingerprint density at radius 3 is 2.38 bits per heavy atom. The first-order valence-electron chi connectivity index (χ1n) is 7.94. The minimum absolute atomic E-state index is 0.141. The summed E-state index contributed by atoms with van der Waals surface area (Å²) >= 11 is 0. The second-order valence-electron chi connectivity index (χ2n) is 6.29. The van der Waals surface area contributed by atoms with E-state index in [1.165, 1.54) is 19.3 Å². The van der Waals surface area contributed by atoms with Crippen LogP contribution in [-0.2, 0) is 5.41 Å². The number of unbranched alkanes of at least 4 members (excludes halogenated alkanes) is 3. The molecule has 0 aliphatic carbocycles. The van der Waals surface area contributed by atoms with Gasteiger partial charge in [0.1, 0.15) is 11.5 Å². The van der Waals surface area contributed by atoms with Crippen LogP contribution in [0.4, 0.5) is 11.5 Å². The number of nitrogens with two attached hydrogens (primary N) is 1. The normalized spacial score (nSPS) is 11.5. The van der Waals surface area contributed by atoms with Gasteiger partial charge in [-0.1, -0.05) is 47.0 Å². The minimum Gasteiger partial charge on any atom is -0.476 e. The highest BCUT2D eigenvalue weighted by Crippen LogP contribution is 2.30. The Morgan fingerprint density at radius 2 is 1.81 bits per heavy atom. The van der Waals surface area contributed by atoms with E-state index in [0.29, 0.717) is 24.0 Å². The molecule has 0 saturated carbocycles. The molecule has 5 nitrogen and oxygen atoms in total. The number of aromatic nitrogens is 2. The van der Waals surface area contributed by atoms with Crippen molar-refractivity contribution in [1.29, 1.82) is 0 Å². The maximum Gasteiger partial charge on any atom is 0.242 e. The standard InChI is InChI=1S/C16H30N4O/c1-6-8-9-10-11-18-13-12(17)14(21-7-2)20-15(19-13)16(3,4)5/h6-11,17H2,1-5H3,(H,18,19,20). The van der Waals surface area contributed by atoms with E-state index >= 15 is 0 Å². The van der Waals surface area contributed by atoms with Gasteiger partial charge in [-0.05, 0) is 13.3 Å². The molecule has 0 aliphatic rings. The molecule has 0 atom stereocenters. The molecule has 0 amide bonds. The van der Waals surface area contributed by atoms with Gasteiger partial charge in [0, 0.05) is 12.0 Å². The van der Waals surface area contributed by atoms with Crippen LogP contribution in [0.2, 0.25) is 0 Å². The average Bonchev–Trinajstić information content (AvgIpc) is 2.41. The van der Waals surface area contributed by atoms with E-state index in [4.69, 9.17) is 10.5 Å². The van der Waals surface area contributed by atoms with Crippen LogP contribution < -0.4 is 15.8 Å². The summed E-state index contributed by atoms with van der Waals surface area (Å²) < 4.78 is 5.54. The zero-order valence-electron chi connectivity index (χ0n) is 14.1. The van der Waals surface area contributed by atoms with Gasteiger partial charge in [0.05, 0.1) is 6.61 Å². The molecule has 0 aliphatic heterocycles. The smallest absolute Gasteiger partial charge is 0.242 e. The lowest BCUT2D eigenvalue weighted by molar-refractivity contribution is 0.324. The quantitative estimate of drug-likeness (QED) is 0.714. The van der Waals surface area contributed by atoms with E-state index in [9.17, 15) is 0 Å². The van der Waals surface area contributed by atoms with Gasteiger partial charge in [-0.2, -0.15) is 4.98 Å². The lowest BCUT2D eigenvalue weighted by Crippen LogP contribution is -2.19. The molecule has 21 heavy (non-hydrogen) atoms. The number of nitrogens with one attached hydrogen (secondary N) is 1. The molecule has 120 valence electrons. The summed E-state index contributed by atoms with van der Waals surface area (Å²) in [7, 11) is 0. The lowest BCUT2D eigenvalue weighted by Gasteiger charge is -2.20. The van der Waals surface area contributed by atoms with Gasteiger partial charge < -0.3 is 15.8 Å². The fourth-order valence-corrected chi connectivity index (χ4v) is 1.92. The monoisotopic (exact) mass is 294 g/mol. The summed E-state index contributed by atoms with van der Waals surface area (Å²) in [4.78, 5) is 9.03. The largest absolute Gasteiger partial charge is 0.476 e. The van der Waals surface area contributed by atoms with Crippen molar-refractivity contribution < 1.29 is 4.74 Å². The molecule has 1 heterocycles. The van der Waals surface area contributed by atoms with Gasteiger partial charge >= 0.3 is 0 Å². The Hall–Kier alpha value is -1.52. The number of hydrogen-bond acceptors (Lipinski definition) is 5. The third-order valence-electron chi connectivity index (χ3n) is 3.19. The number of anilines is 2. The van der Waals surface area contributed by atoms with Gasteiger partial charge in [0.25, 0.3) is 0 Å². The Labute approximate surface area is 128 Å². The maximum atomic E-state index is 6.11. The molecule has 0 saturated heterocycles. The third-order valence-corrected chi connectivity index (χ3v) is 3.19. The highest BCUT2D eigenvalue weighted by atomic mass is 16.5. The van der Waals surface area contributed by atoms with Gasteiger partial charge in [-0.3, -0.25) is 0 Å². The fourth-order valence-electron chi connectivity index (χ4n) is 1.92. The minimum atomic E-state index is -0.141. The van der Waals surface area contributed by atoms with E-state index in [-0.39, 0.29) is 5.41 Å². The van der Waals surface area contributed by atoms with E-state index in [1.54, 1.807) is 0 Å². The lowest BCUT2D eigenvalue weighted by atomic mass is 9.96. The van der Waals surface area contributed by atoms with Crippen LogP contribution in [-0.4, -0.2) is 23.1 Å². The van der Waals surface area contributed by atoms with E-state index in [0.717, 1.165) is 18.8 Å². The van der Waals surface area contributed by atoms with Crippen LogP contribution in [0.15, 0.2) is 0 Å². The van der Waals surface area contributed by atoms with Gasteiger partial charge in [-0.15, -0.1) is 0 Å². The van der Waals surface area contributed by atoms with Crippen LogP contribution in [0.5, 0.6) is 5.88 Å². The number of hydrogen-bond donors (Lipinski definition) is 2. The first kappa shape index (κ1) is 17.5. The molecule has 1 aromatic rings. The summed E-state index contributed by atoms with van der Waals surface area (Å²) in [5.41, 5.74) is 6.47. The van der Waals surface area contributed by atoms with Gasteiger partial charge in [-0.25, -0.2) is 4.98 Å². The molecular weight excluding hydrogens is 264 g/mol. The van der Waals surface area contributed by atoms with Crippen molar-refractivity contribution in [2.24, 2.45) is 0 Å². The van der Waals surface area contributed by atoms with Gasteiger partial charge in [0.2, 0.25) is 5.88 Å². The average molecular weight is 294 g/mol. The predicted octanol–water partition coefficient (Wildman–Crippen LogP) is 3.75. The van der Waals surface area contributed by atoms with E-state index in [2.05, 4.69) is 43.0 Å². The van der Waals surface area contributed by atoms with Crippen LogP contribution in [0, 0.1) is 0 Å². The van der Waals surface area contributed by atoms with Crippen molar-refractivity contribution >= 4 is 11.5 Å². The van der Waals surface area contributed by atoms with E-state index in [1.807, 2.05) is 6.92 Å². The van der Waals surface area contributed by atoms with Gasteiger partial charge in [0.15, 0.2) is 5.82 Å². The summed E-state index contributed by atoms with van der Waals surface area (Å²) in [6.45, 7) is 11.8. The van der Waals surface area contributed by atoms with Crippen molar-refractivity contribution in [3.63, 3.8) is 0 Å². The van der Waals surface area contributed by atoms with Crippen LogP contribution in [0.3, 0.4) is 0 Å². The molecule has 0 aromatic carbocycles. The van der Waals surface area contributed by atoms with Crippen LogP contribution in [0.25, 0.3) is 0 Å². The maximum absolute atomic E-state index is 6.11. The summed E-state index contributed by atoms with van der Waals surface area (Å²) in [5, 5.41) is 3.33. The Bertz CT molecular complexity index is 441. The second-order valence-corrected chi connectivity index (χ2v) is 6.29. The van der Waals surface area contributed by atoms with Crippen molar-refractivity contribution in [3.05, 3.63) is 5.82 Å². The molecule has 0 bridgehead atoms. The second kappa shape index (κ2) is 8.05. The molecule has 1 aromatic heterocycles. The molecule has 0 radical (unpaired) electrons. The molecule has 3 N–H and O–H groups in total. The zero-order chi connectivity index (χ0) is 15.9. The number of ether oxygens (including phenoxy) is 1. The van der Waals surface area contributed by atoms with Crippen LogP contribution >= 0.6 is 0 Å². The van der Waals surface area contributed by atoms with E-state index < -0.39 is 0 Å². The SMILES string of the molecule is CCCCCCNc1nc(C(C)(C)C)nc(OCC)c1N. The Kier molecular flexibility index (Phi) is 6.72. The first-order chi connectivity index (χ1) is 9.90. The van der Waals surface area contributed by atoms with Crippen molar-refractivity contribution in [2.45, 2.75) is 65.7 Å². The molecule has 0 spiro atoms. The summed E-state index contributed by atoms with van der Waals surface area (Å²) in [5.74, 6) is 1.92. The summed E-state index contributed by atoms with van der Waals surface area (Å²) in [6.07, 6.45) is 4.84. The molecule has 0 fully saturated rings. The number of nitrogens with zero attached hydrogens (tertiary/aromatic N) is 2. The van der Waals surface area contributed by atoms with Crippen molar-refractivity contribution in [1.82, 2.24) is 9.97 Å².